The third-order valence-corrected chi connectivity index (χ3v) is 4.38. The van der Waals surface area contributed by atoms with Crippen LogP contribution in [0.1, 0.15) is 90.4 Å². The summed E-state index contributed by atoms with van der Waals surface area (Å²) in [4.78, 5) is 10.9. The molecule has 1 aliphatic heterocycles. The summed E-state index contributed by atoms with van der Waals surface area (Å²) in [5.41, 5.74) is 0. The zero-order valence-electron chi connectivity index (χ0n) is 14.1. The van der Waals surface area contributed by atoms with Crippen molar-refractivity contribution in [1.29, 1.82) is 0 Å². The molecule has 3 nitrogen and oxygen atoms in total. The molecule has 0 aromatic carbocycles. The Balaban J connectivity index is 1.76. The summed E-state index contributed by atoms with van der Waals surface area (Å²) >= 11 is 0. The van der Waals surface area contributed by atoms with Gasteiger partial charge in [0.15, 0.2) is 0 Å². The van der Waals surface area contributed by atoms with Gasteiger partial charge in [0.1, 0.15) is 0 Å². The van der Waals surface area contributed by atoms with Gasteiger partial charge in [-0.15, -0.1) is 0 Å². The average Bonchev–Trinajstić information content (AvgIpc) is 3.24. The SMILES string of the molecule is CCCCCC[C@@H]1O[C@@H]1CCCCCCCCC(=O)OC. The molecular formula is C18H34O3. The molecule has 0 saturated carbocycles. The molecule has 1 heterocycles. The lowest BCUT2D eigenvalue weighted by molar-refractivity contribution is -0.140. The molecular weight excluding hydrogens is 264 g/mol. The number of carbonyl (C=O) groups excluding carboxylic acids is 1. The number of carbonyl (C=O) groups is 1. The van der Waals surface area contributed by atoms with E-state index in [1.807, 2.05) is 0 Å². The Morgan fingerprint density at radius 2 is 1.38 bits per heavy atom. The van der Waals surface area contributed by atoms with Gasteiger partial charge in [0, 0.05) is 6.42 Å². The summed E-state index contributed by atoms with van der Waals surface area (Å²) in [5.74, 6) is -0.0779. The minimum atomic E-state index is -0.0779. The van der Waals surface area contributed by atoms with Gasteiger partial charge in [-0.3, -0.25) is 4.79 Å². The minimum absolute atomic E-state index is 0.0779. The van der Waals surface area contributed by atoms with Crippen LogP contribution in [-0.4, -0.2) is 25.3 Å². The summed E-state index contributed by atoms with van der Waals surface area (Å²) < 4.78 is 10.4. The van der Waals surface area contributed by atoms with E-state index in [9.17, 15) is 4.79 Å². The van der Waals surface area contributed by atoms with Gasteiger partial charge in [-0.25, -0.2) is 0 Å². The molecule has 1 fully saturated rings. The standard InChI is InChI=1S/C18H34O3/c1-3-4-5-10-13-16-17(21-16)14-11-8-6-7-9-12-15-18(19)20-2/h16-17H,3-15H2,1-2H3/t16-,17+/m0/s1. The summed E-state index contributed by atoms with van der Waals surface area (Å²) in [6, 6.07) is 0. The van der Waals surface area contributed by atoms with Crippen molar-refractivity contribution >= 4 is 5.97 Å². The molecule has 0 aromatic heterocycles. The number of hydrogen-bond donors (Lipinski definition) is 0. The van der Waals surface area contributed by atoms with E-state index in [0.29, 0.717) is 18.6 Å². The molecule has 0 bridgehead atoms. The number of epoxide rings is 1. The van der Waals surface area contributed by atoms with E-state index in [1.54, 1.807) is 0 Å². The van der Waals surface area contributed by atoms with Crippen LogP contribution in [-0.2, 0) is 14.3 Å². The lowest BCUT2D eigenvalue weighted by Gasteiger charge is -2.01. The molecule has 0 N–H and O–H groups in total. The van der Waals surface area contributed by atoms with Crippen molar-refractivity contribution in [2.45, 2.75) is 103 Å². The number of methoxy groups -OCH3 is 1. The molecule has 0 unspecified atom stereocenters. The Hall–Kier alpha value is -0.570. The minimum Gasteiger partial charge on any atom is -0.469 e. The number of hydrogen-bond acceptors (Lipinski definition) is 3. The van der Waals surface area contributed by atoms with Gasteiger partial charge in [0.05, 0.1) is 19.3 Å². The van der Waals surface area contributed by atoms with E-state index in [0.717, 1.165) is 12.8 Å². The average molecular weight is 298 g/mol. The first-order chi connectivity index (χ1) is 10.3. The van der Waals surface area contributed by atoms with E-state index in [4.69, 9.17) is 4.74 Å². The molecule has 0 aromatic rings. The Kier molecular flexibility index (Phi) is 10.6. The van der Waals surface area contributed by atoms with Gasteiger partial charge in [0.2, 0.25) is 0 Å². The lowest BCUT2D eigenvalue weighted by atomic mass is 10.0. The van der Waals surface area contributed by atoms with Gasteiger partial charge >= 0.3 is 5.97 Å². The quantitative estimate of drug-likeness (QED) is 0.257. The first-order valence-corrected chi connectivity index (χ1v) is 9.00. The molecule has 0 radical (unpaired) electrons. The van der Waals surface area contributed by atoms with Crippen molar-refractivity contribution in [2.75, 3.05) is 7.11 Å². The predicted molar refractivity (Wildman–Crippen MR) is 86.4 cm³/mol. The topological polar surface area (TPSA) is 38.8 Å². The summed E-state index contributed by atoms with van der Waals surface area (Å²) in [5, 5.41) is 0. The molecule has 1 rings (SSSR count). The fourth-order valence-electron chi connectivity index (χ4n) is 2.88. The first kappa shape index (κ1) is 18.5. The van der Waals surface area contributed by atoms with Gasteiger partial charge < -0.3 is 9.47 Å². The second kappa shape index (κ2) is 12.0. The third kappa shape index (κ3) is 9.89. The predicted octanol–water partition coefficient (Wildman–Crippen LogP) is 5.02. The summed E-state index contributed by atoms with van der Waals surface area (Å²) in [6.07, 6.45) is 16.9. The fourth-order valence-corrected chi connectivity index (χ4v) is 2.88. The molecule has 3 heteroatoms. The van der Waals surface area contributed by atoms with Crippen LogP contribution in [0.5, 0.6) is 0 Å². The van der Waals surface area contributed by atoms with E-state index >= 15 is 0 Å². The second-order valence-corrected chi connectivity index (χ2v) is 6.30. The molecule has 0 aliphatic carbocycles. The van der Waals surface area contributed by atoms with Crippen molar-refractivity contribution in [3.05, 3.63) is 0 Å². The highest BCUT2D eigenvalue weighted by molar-refractivity contribution is 5.68. The molecule has 124 valence electrons. The van der Waals surface area contributed by atoms with Gasteiger partial charge in [-0.1, -0.05) is 64.7 Å². The molecule has 1 saturated heterocycles. The highest BCUT2D eigenvalue weighted by Gasteiger charge is 2.36. The van der Waals surface area contributed by atoms with Crippen molar-refractivity contribution in [2.24, 2.45) is 0 Å². The van der Waals surface area contributed by atoms with Gasteiger partial charge in [-0.05, 0) is 19.3 Å². The van der Waals surface area contributed by atoms with Gasteiger partial charge in [-0.2, -0.15) is 0 Å². The largest absolute Gasteiger partial charge is 0.469 e. The number of ether oxygens (including phenoxy) is 2. The van der Waals surface area contributed by atoms with Crippen molar-refractivity contribution < 1.29 is 14.3 Å². The maximum Gasteiger partial charge on any atom is 0.305 e. The Bertz CT molecular complexity index is 265. The van der Waals surface area contributed by atoms with Crippen LogP contribution < -0.4 is 0 Å². The monoisotopic (exact) mass is 298 g/mol. The van der Waals surface area contributed by atoms with Gasteiger partial charge in [0.25, 0.3) is 0 Å². The van der Waals surface area contributed by atoms with Crippen molar-refractivity contribution in [3.8, 4) is 0 Å². The zero-order valence-corrected chi connectivity index (χ0v) is 14.1. The molecule has 1 aliphatic rings. The summed E-state index contributed by atoms with van der Waals surface area (Å²) in [7, 11) is 1.46. The van der Waals surface area contributed by atoms with Crippen molar-refractivity contribution in [3.63, 3.8) is 0 Å². The second-order valence-electron chi connectivity index (χ2n) is 6.30. The van der Waals surface area contributed by atoms with Crippen LogP contribution >= 0.6 is 0 Å². The smallest absolute Gasteiger partial charge is 0.305 e. The highest BCUT2D eigenvalue weighted by atomic mass is 16.6. The van der Waals surface area contributed by atoms with Crippen LogP contribution in [0.15, 0.2) is 0 Å². The Labute approximate surface area is 130 Å². The van der Waals surface area contributed by atoms with E-state index in [-0.39, 0.29) is 5.97 Å². The number of unbranched alkanes of at least 4 members (excludes halogenated alkanes) is 8. The summed E-state index contributed by atoms with van der Waals surface area (Å²) in [6.45, 7) is 2.26. The molecule has 0 spiro atoms. The van der Waals surface area contributed by atoms with Crippen LogP contribution in [0.25, 0.3) is 0 Å². The molecule has 2 atom stereocenters. The van der Waals surface area contributed by atoms with E-state index in [2.05, 4.69) is 11.7 Å². The number of rotatable bonds is 14. The van der Waals surface area contributed by atoms with Crippen molar-refractivity contribution in [1.82, 2.24) is 0 Å². The Morgan fingerprint density at radius 3 is 1.95 bits per heavy atom. The lowest BCUT2D eigenvalue weighted by Crippen LogP contribution is -1.99. The van der Waals surface area contributed by atoms with Crippen LogP contribution in [0.2, 0.25) is 0 Å². The molecule has 21 heavy (non-hydrogen) atoms. The fraction of sp³-hybridized carbons (Fsp3) is 0.944. The van der Waals surface area contributed by atoms with Crippen LogP contribution in [0, 0.1) is 0 Å². The third-order valence-electron chi connectivity index (χ3n) is 4.38. The maximum atomic E-state index is 10.9. The van der Waals surface area contributed by atoms with Crippen LogP contribution in [0.4, 0.5) is 0 Å². The zero-order chi connectivity index (χ0) is 15.3. The first-order valence-electron chi connectivity index (χ1n) is 9.00. The van der Waals surface area contributed by atoms with E-state index in [1.165, 1.54) is 71.3 Å². The Morgan fingerprint density at radius 1 is 0.857 bits per heavy atom. The molecule has 0 amide bonds. The van der Waals surface area contributed by atoms with E-state index < -0.39 is 0 Å². The van der Waals surface area contributed by atoms with Crippen LogP contribution in [0.3, 0.4) is 0 Å². The normalized spacial score (nSPS) is 20.5. The highest BCUT2D eigenvalue weighted by Crippen LogP contribution is 2.31. The number of esters is 1. The maximum absolute atomic E-state index is 10.9.